The van der Waals surface area contributed by atoms with E-state index in [1.807, 2.05) is 6.07 Å². The van der Waals surface area contributed by atoms with Gasteiger partial charge in [0.1, 0.15) is 5.82 Å². The van der Waals surface area contributed by atoms with Crippen LogP contribution in [0.1, 0.15) is 105 Å². The Morgan fingerprint density at radius 1 is 0.968 bits per heavy atom. The molecule has 0 spiro atoms. The van der Waals surface area contributed by atoms with Crippen molar-refractivity contribution >= 4 is 5.97 Å². The summed E-state index contributed by atoms with van der Waals surface area (Å²) in [6.45, 7) is 2.29. The van der Waals surface area contributed by atoms with Gasteiger partial charge < -0.3 is 4.74 Å². The van der Waals surface area contributed by atoms with Crippen molar-refractivity contribution < 1.29 is 13.9 Å². The van der Waals surface area contributed by atoms with Crippen LogP contribution in [0.2, 0.25) is 0 Å². The van der Waals surface area contributed by atoms with Crippen LogP contribution in [0.25, 0.3) is 0 Å². The second-order valence-corrected chi connectivity index (χ2v) is 10.7. The number of aryl methyl sites for hydroxylation is 1. The third kappa shape index (κ3) is 5.34. The Labute approximate surface area is 188 Å². The number of methoxy groups -OCH3 is 1. The van der Waals surface area contributed by atoms with Gasteiger partial charge in [-0.1, -0.05) is 45.4 Å². The van der Waals surface area contributed by atoms with Gasteiger partial charge in [-0.25, -0.2) is 9.18 Å². The summed E-state index contributed by atoms with van der Waals surface area (Å²) in [4.78, 5) is 11.8. The molecule has 5 unspecified atom stereocenters. The maximum absolute atomic E-state index is 14.8. The molecular weight excluding hydrogens is 387 g/mol. The van der Waals surface area contributed by atoms with Crippen molar-refractivity contribution in [1.29, 1.82) is 0 Å². The molecule has 0 aromatic heterocycles. The molecule has 3 aliphatic carbocycles. The number of ether oxygens (including phenoxy) is 1. The molecule has 1 aromatic carbocycles. The number of carbonyl (C=O) groups excluding carboxylic acids is 1. The quantitative estimate of drug-likeness (QED) is 0.331. The van der Waals surface area contributed by atoms with Gasteiger partial charge in [-0.15, -0.1) is 0 Å². The van der Waals surface area contributed by atoms with E-state index in [0.717, 1.165) is 54.1 Å². The standard InChI is InChI=1S/C28H41FO2/c1-3-4-5-6-7-19-8-9-21-15-22(11-10-20(21)14-19)23-12-13-24-16-25(28(30)31-2)18-27(29)26(24)17-23/h16,18-23H,3-15,17H2,1-2H3. The molecule has 2 fully saturated rings. The van der Waals surface area contributed by atoms with Gasteiger partial charge in [0.15, 0.2) is 0 Å². The second-order valence-electron chi connectivity index (χ2n) is 10.7. The highest BCUT2D eigenvalue weighted by Crippen LogP contribution is 2.49. The largest absolute Gasteiger partial charge is 0.465 e. The second kappa shape index (κ2) is 10.5. The van der Waals surface area contributed by atoms with E-state index in [-0.39, 0.29) is 5.82 Å². The van der Waals surface area contributed by atoms with Crippen LogP contribution in [0.5, 0.6) is 0 Å². The average Bonchev–Trinajstić information content (AvgIpc) is 2.80. The number of carbonyl (C=O) groups is 1. The summed E-state index contributed by atoms with van der Waals surface area (Å²) in [5, 5.41) is 0. The molecule has 1 aromatic rings. The summed E-state index contributed by atoms with van der Waals surface area (Å²) in [5.41, 5.74) is 2.24. The molecule has 0 saturated heterocycles. The first kappa shape index (κ1) is 22.8. The van der Waals surface area contributed by atoms with E-state index in [9.17, 15) is 9.18 Å². The van der Waals surface area contributed by atoms with E-state index in [0.29, 0.717) is 11.5 Å². The number of rotatable bonds is 7. The SMILES string of the molecule is CCCCCCC1CCC2CC(C3CCc4cc(C(=O)OC)cc(F)c4C3)CCC2C1. The zero-order chi connectivity index (χ0) is 21.8. The Morgan fingerprint density at radius 2 is 1.71 bits per heavy atom. The lowest BCUT2D eigenvalue weighted by molar-refractivity contribution is 0.0599. The van der Waals surface area contributed by atoms with Crippen molar-refractivity contribution in [2.75, 3.05) is 7.11 Å². The molecule has 3 heteroatoms. The smallest absolute Gasteiger partial charge is 0.337 e. The topological polar surface area (TPSA) is 26.3 Å². The van der Waals surface area contributed by atoms with Crippen molar-refractivity contribution in [2.24, 2.45) is 29.6 Å². The molecule has 4 rings (SSSR count). The predicted molar refractivity (Wildman–Crippen MR) is 124 cm³/mol. The fraction of sp³-hybridized carbons (Fsp3) is 0.750. The van der Waals surface area contributed by atoms with E-state index in [1.54, 1.807) is 0 Å². The number of halogens is 1. The molecule has 3 aliphatic rings. The first-order chi connectivity index (χ1) is 15.1. The van der Waals surface area contributed by atoms with E-state index in [1.165, 1.54) is 83.8 Å². The highest BCUT2D eigenvalue weighted by atomic mass is 19.1. The van der Waals surface area contributed by atoms with Crippen molar-refractivity contribution in [3.8, 4) is 0 Å². The van der Waals surface area contributed by atoms with Gasteiger partial charge >= 0.3 is 5.97 Å². The zero-order valence-electron chi connectivity index (χ0n) is 19.6. The number of hydrogen-bond donors (Lipinski definition) is 0. The molecule has 0 amide bonds. The summed E-state index contributed by atoms with van der Waals surface area (Å²) < 4.78 is 19.6. The molecule has 0 N–H and O–H groups in total. The van der Waals surface area contributed by atoms with Crippen LogP contribution >= 0.6 is 0 Å². The Bertz CT molecular complexity index is 758. The summed E-state index contributed by atoms with van der Waals surface area (Å²) in [7, 11) is 1.35. The Hall–Kier alpha value is -1.38. The normalized spacial score (nSPS) is 30.4. The van der Waals surface area contributed by atoms with Crippen LogP contribution in [0.4, 0.5) is 4.39 Å². The average molecular weight is 429 g/mol. The fourth-order valence-electron chi connectivity index (χ4n) is 7.06. The van der Waals surface area contributed by atoms with Crippen molar-refractivity contribution in [3.05, 3.63) is 34.6 Å². The monoisotopic (exact) mass is 428 g/mol. The summed E-state index contributed by atoms with van der Waals surface area (Å²) >= 11 is 0. The van der Waals surface area contributed by atoms with Crippen molar-refractivity contribution in [2.45, 2.75) is 96.8 Å². The third-order valence-corrected chi connectivity index (χ3v) is 8.85. The fourth-order valence-corrected chi connectivity index (χ4v) is 7.06. The minimum Gasteiger partial charge on any atom is -0.465 e. The van der Waals surface area contributed by atoms with Gasteiger partial charge in [-0.05, 0) is 104 Å². The molecule has 0 radical (unpaired) electrons. The first-order valence-electron chi connectivity index (χ1n) is 13.0. The lowest BCUT2D eigenvalue weighted by Gasteiger charge is -2.45. The minimum atomic E-state index is -0.442. The molecule has 0 heterocycles. The highest BCUT2D eigenvalue weighted by molar-refractivity contribution is 5.89. The maximum Gasteiger partial charge on any atom is 0.337 e. The number of unbranched alkanes of at least 4 members (excludes halogenated alkanes) is 3. The summed E-state index contributed by atoms with van der Waals surface area (Å²) in [5.74, 6) is 3.57. The Balaban J connectivity index is 1.32. The molecule has 2 saturated carbocycles. The zero-order valence-corrected chi connectivity index (χ0v) is 19.6. The molecule has 0 aliphatic heterocycles. The van der Waals surface area contributed by atoms with Crippen LogP contribution in [0, 0.1) is 35.4 Å². The number of hydrogen-bond acceptors (Lipinski definition) is 2. The summed E-state index contributed by atoms with van der Waals surface area (Å²) in [6.07, 6.45) is 18.4. The lowest BCUT2D eigenvalue weighted by atomic mass is 9.60. The number of benzene rings is 1. The number of fused-ring (bicyclic) bond motifs is 2. The molecule has 2 nitrogen and oxygen atoms in total. The molecule has 0 bridgehead atoms. The minimum absolute atomic E-state index is 0.208. The van der Waals surface area contributed by atoms with E-state index in [2.05, 4.69) is 6.92 Å². The third-order valence-electron chi connectivity index (χ3n) is 8.85. The van der Waals surface area contributed by atoms with E-state index < -0.39 is 5.97 Å². The van der Waals surface area contributed by atoms with Crippen LogP contribution < -0.4 is 0 Å². The lowest BCUT2D eigenvalue weighted by Crippen LogP contribution is -2.35. The van der Waals surface area contributed by atoms with Crippen molar-refractivity contribution in [1.82, 2.24) is 0 Å². The maximum atomic E-state index is 14.8. The molecular formula is C28H41FO2. The summed E-state index contributed by atoms with van der Waals surface area (Å²) in [6, 6.07) is 3.24. The van der Waals surface area contributed by atoms with Gasteiger partial charge in [-0.2, -0.15) is 0 Å². The van der Waals surface area contributed by atoms with Crippen LogP contribution in [-0.4, -0.2) is 13.1 Å². The Morgan fingerprint density at radius 3 is 2.48 bits per heavy atom. The van der Waals surface area contributed by atoms with E-state index >= 15 is 0 Å². The molecule has 31 heavy (non-hydrogen) atoms. The van der Waals surface area contributed by atoms with Crippen LogP contribution in [-0.2, 0) is 17.6 Å². The van der Waals surface area contributed by atoms with Gasteiger partial charge in [0.25, 0.3) is 0 Å². The van der Waals surface area contributed by atoms with Crippen LogP contribution in [0.15, 0.2) is 12.1 Å². The van der Waals surface area contributed by atoms with Gasteiger partial charge in [0.05, 0.1) is 12.7 Å². The first-order valence-corrected chi connectivity index (χ1v) is 13.0. The van der Waals surface area contributed by atoms with Crippen molar-refractivity contribution in [3.63, 3.8) is 0 Å². The predicted octanol–water partition coefficient (Wildman–Crippen LogP) is 7.52. The number of esters is 1. The van der Waals surface area contributed by atoms with Gasteiger partial charge in [0.2, 0.25) is 0 Å². The molecule has 5 atom stereocenters. The molecule has 172 valence electrons. The highest BCUT2D eigenvalue weighted by Gasteiger charge is 2.38. The van der Waals surface area contributed by atoms with Gasteiger partial charge in [0, 0.05) is 0 Å². The van der Waals surface area contributed by atoms with E-state index in [4.69, 9.17) is 4.74 Å². The Kier molecular flexibility index (Phi) is 7.72. The van der Waals surface area contributed by atoms with Crippen LogP contribution in [0.3, 0.4) is 0 Å². The van der Waals surface area contributed by atoms with Gasteiger partial charge in [-0.3, -0.25) is 0 Å².